The van der Waals surface area contributed by atoms with Gasteiger partial charge in [0.2, 0.25) is 0 Å². The van der Waals surface area contributed by atoms with Crippen LogP contribution in [-0.2, 0) is 14.3 Å². The Morgan fingerprint density at radius 2 is 2.04 bits per heavy atom. The Kier molecular flexibility index (Phi) is 6.72. The summed E-state index contributed by atoms with van der Waals surface area (Å²) in [7, 11) is 1.53. The van der Waals surface area contributed by atoms with E-state index in [2.05, 4.69) is 5.32 Å². The molecule has 0 saturated heterocycles. The molecule has 2 aromatic rings. The van der Waals surface area contributed by atoms with E-state index < -0.39 is 0 Å². The summed E-state index contributed by atoms with van der Waals surface area (Å²) in [4.78, 5) is 28.1. The van der Waals surface area contributed by atoms with Gasteiger partial charge in [-0.3, -0.25) is 14.5 Å². The molecule has 3 rings (SSSR count). The van der Waals surface area contributed by atoms with Crippen LogP contribution in [0.4, 0.5) is 5.69 Å². The molecule has 0 fully saturated rings. The lowest BCUT2D eigenvalue weighted by atomic mass is 10.2. The highest BCUT2D eigenvalue weighted by atomic mass is 35.5. The number of anilines is 1. The molecule has 1 aromatic carbocycles. The molecule has 0 radical (unpaired) electrons. The van der Waals surface area contributed by atoms with E-state index in [9.17, 15) is 9.59 Å². The number of halogens is 1. The SMILES string of the molecule is CCOCCCN1C(=O)C(Nc2cc(Cl)ccc2OC)=C(c2cccs2)C1=O. The Balaban J connectivity index is 1.94. The minimum atomic E-state index is -0.369. The molecule has 0 unspecified atom stereocenters. The van der Waals surface area contributed by atoms with Gasteiger partial charge in [-0.25, -0.2) is 0 Å². The van der Waals surface area contributed by atoms with E-state index in [1.807, 2.05) is 24.4 Å². The number of hydrogen-bond donors (Lipinski definition) is 1. The molecule has 0 saturated carbocycles. The predicted octanol–water partition coefficient (Wildman–Crippen LogP) is 4.03. The number of amides is 2. The summed E-state index contributed by atoms with van der Waals surface area (Å²) in [5.41, 5.74) is 1.11. The van der Waals surface area contributed by atoms with Crippen LogP contribution in [-0.4, -0.2) is 43.6 Å². The van der Waals surface area contributed by atoms with E-state index in [0.717, 1.165) is 4.88 Å². The molecule has 8 heteroatoms. The maximum atomic E-state index is 13.0. The first-order valence-electron chi connectivity index (χ1n) is 8.89. The number of rotatable bonds is 9. The van der Waals surface area contributed by atoms with Gasteiger partial charge in [0.1, 0.15) is 11.4 Å². The van der Waals surface area contributed by atoms with E-state index in [-0.39, 0.29) is 17.5 Å². The second-order valence-electron chi connectivity index (χ2n) is 6.01. The van der Waals surface area contributed by atoms with Gasteiger partial charge >= 0.3 is 0 Å². The zero-order valence-corrected chi connectivity index (χ0v) is 17.2. The third-order valence-electron chi connectivity index (χ3n) is 4.23. The van der Waals surface area contributed by atoms with Crippen molar-refractivity contribution in [2.24, 2.45) is 0 Å². The van der Waals surface area contributed by atoms with Crippen LogP contribution in [0.2, 0.25) is 5.02 Å². The van der Waals surface area contributed by atoms with Gasteiger partial charge in [-0.2, -0.15) is 0 Å². The second kappa shape index (κ2) is 9.23. The third-order valence-corrected chi connectivity index (χ3v) is 5.35. The number of nitrogens with one attached hydrogen (secondary N) is 1. The van der Waals surface area contributed by atoms with Crippen molar-refractivity contribution in [3.8, 4) is 5.75 Å². The van der Waals surface area contributed by atoms with Crippen LogP contribution in [0.5, 0.6) is 5.75 Å². The Morgan fingerprint density at radius 3 is 2.71 bits per heavy atom. The van der Waals surface area contributed by atoms with E-state index in [1.54, 1.807) is 18.2 Å². The molecule has 0 bridgehead atoms. The molecular formula is C20H21ClN2O4S. The maximum absolute atomic E-state index is 13.0. The summed E-state index contributed by atoms with van der Waals surface area (Å²) < 4.78 is 10.7. The van der Waals surface area contributed by atoms with Crippen LogP contribution in [0, 0.1) is 0 Å². The summed E-state index contributed by atoms with van der Waals surface area (Å²) in [5.74, 6) is -0.156. The number of carbonyl (C=O) groups is 2. The molecule has 28 heavy (non-hydrogen) atoms. The molecular weight excluding hydrogens is 400 g/mol. The number of thiophene rings is 1. The first kappa shape index (κ1) is 20.4. The summed E-state index contributed by atoms with van der Waals surface area (Å²) in [5, 5.41) is 5.45. The quantitative estimate of drug-likeness (QED) is 0.490. The predicted molar refractivity (Wildman–Crippen MR) is 111 cm³/mol. The van der Waals surface area contributed by atoms with Gasteiger partial charge < -0.3 is 14.8 Å². The summed E-state index contributed by atoms with van der Waals surface area (Å²) in [6, 6.07) is 8.74. The monoisotopic (exact) mass is 420 g/mol. The molecule has 6 nitrogen and oxygen atoms in total. The van der Waals surface area contributed by atoms with Crippen LogP contribution in [0.15, 0.2) is 41.4 Å². The molecule has 1 aliphatic heterocycles. The number of nitrogens with zero attached hydrogens (tertiary/aromatic N) is 1. The van der Waals surface area contributed by atoms with Gasteiger partial charge in [0.15, 0.2) is 0 Å². The lowest BCUT2D eigenvalue weighted by molar-refractivity contribution is -0.137. The molecule has 0 spiro atoms. The largest absolute Gasteiger partial charge is 0.495 e. The molecule has 0 aliphatic carbocycles. The van der Waals surface area contributed by atoms with Gasteiger partial charge in [-0.1, -0.05) is 17.7 Å². The number of hydrogen-bond acceptors (Lipinski definition) is 6. The van der Waals surface area contributed by atoms with Gasteiger partial charge in [0, 0.05) is 29.7 Å². The summed E-state index contributed by atoms with van der Waals surface area (Å²) in [6.07, 6.45) is 0.580. The maximum Gasteiger partial charge on any atom is 0.278 e. The van der Waals surface area contributed by atoms with Gasteiger partial charge in [-0.15, -0.1) is 11.3 Å². The zero-order chi connectivity index (χ0) is 20.1. The van der Waals surface area contributed by atoms with Crippen molar-refractivity contribution in [3.63, 3.8) is 0 Å². The first-order valence-corrected chi connectivity index (χ1v) is 10.1. The molecule has 2 amide bonds. The van der Waals surface area contributed by atoms with Crippen LogP contribution < -0.4 is 10.1 Å². The lowest BCUT2D eigenvalue weighted by Gasteiger charge is -2.16. The zero-order valence-electron chi connectivity index (χ0n) is 15.7. The lowest BCUT2D eigenvalue weighted by Crippen LogP contribution is -2.34. The van der Waals surface area contributed by atoms with Crippen molar-refractivity contribution in [3.05, 3.63) is 51.3 Å². The summed E-state index contributed by atoms with van der Waals surface area (Å²) >= 11 is 7.51. The summed E-state index contributed by atoms with van der Waals surface area (Å²) in [6.45, 7) is 3.29. The average Bonchev–Trinajstić information content (AvgIpc) is 3.28. The van der Waals surface area contributed by atoms with Gasteiger partial charge in [0.05, 0.1) is 18.4 Å². The average molecular weight is 421 g/mol. The number of benzene rings is 1. The van der Waals surface area contributed by atoms with E-state index in [1.165, 1.54) is 23.3 Å². The highest BCUT2D eigenvalue weighted by molar-refractivity contribution is 7.11. The Morgan fingerprint density at radius 1 is 1.21 bits per heavy atom. The third kappa shape index (κ3) is 4.22. The number of imide groups is 1. The van der Waals surface area contributed by atoms with Crippen molar-refractivity contribution < 1.29 is 19.1 Å². The fourth-order valence-electron chi connectivity index (χ4n) is 2.93. The van der Waals surface area contributed by atoms with Crippen LogP contribution in [0.1, 0.15) is 18.2 Å². The van der Waals surface area contributed by atoms with Crippen molar-refractivity contribution in [1.29, 1.82) is 0 Å². The molecule has 2 heterocycles. The minimum absolute atomic E-state index is 0.226. The van der Waals surface area contributed by atoms with Crippen molar-refractivity contribution >= 4 is 46.0 Å². The number of carbonyl (C=O) groups excluding carboxylic acids is 2. The molecule has 1 N–H and O–H groups in total. The van der Waals surface area contributed by atoms with Crippen molar-refractivity contribution in [2.75, 3.05) is 32.2 Å². The Labute approximate surface area is 172 Å². The van der Waals surface area contributed by atoms with E-state index in [0.29, 0.717) is 48.2 Å². The number of ether oxygens (including phenoxy) is 2. The fourth-order valence-corrected chi connectivity index (χ4v) is 3.87. The molecule has 148 valence electrons. The molecule has 0 atom stereocenters. The van der Waals surface area contributed by atoms with E-state index >= 15 is 0 Å². The second-order valence-corrected chi connectivity index (χ2v) is 7.39. The van der Waals surface area contributed by atoms with Crippen molar-refractivity contribution in [2.45, 2.75) is 13.3 Å². The smallest absolute Gasteiger partial charge is 0.278 e. The first-order chi connectivity index (χ1) is 13.6. The fraction of sp³-hybridized carbons (Fsp3) is 0.300. The van der Waals surface area contributed by atoms with Gasteiger partial charge in [0.25, 0.3) is 11.8 Å². The van der Waals surface area contributed by atoms with Crippen LogP contribution >= 0.6 is 22.9 Å². The van der Waals surface area contributed by atoms with Crippen LogP contribution in [0.25, 0.3) is 5.57 Å². The van der Waals surface area contributed by atoms with Gasteiger partial charge in [-0.05, 0) is 43.0 Å². The Bertz CT molecular complexity index is 896. The molecule has 1 aliphatic rings. The standard InChI is InChI=1S/C20H21ClN2O4S/c1-3-27-10-5-9-23-19(24)17(16-6-4-11-28-16)18(20(23)25)22-14-12-13(21)7-8-15(14)26-2/h4,6-8,11-12,22H,3,5,9-10H2,1-2H3. The highest BCUT2D eigenvalue weighted by Crippen LogP contribution is 2.35. The van der Waals surface area contributed by atoms with Crippen molar-refractivity contribution in [1.82, 2.24) is 4.90 Å². The number of methoxy groups -OCH3 is 1. The topological polar surface area (TPSA) is 67.9 Å². The minimum Gasteiger partial charge on any atom is -0.495 e. The Hall–Kier alpha value is -2.35. The van der Waals surface area contributed by atoms with Crippen LogP contribution in [0.3, 0.4) is 0 Å². The normalized spacial score (nSPS) is 14.2. The molecule has 1 aromatic heterocycles. The highest BCUT2D eigenvalue weighted by Gasteiger charge is 2.39. The van der Waals surface area contributed by atoms with E-state index in [4.69, 9.17) is 21.1 Å².